The lowest BCUT2D eigenvalue weighted by Gasteiger charge is -2.15. The van der Waals surface area contributed by atoms with E-state index in [9.17, 15) is 14.4 Å². The maximum Gasteiger partial charge on any atom is 0.239 e. The summed E-state index contributed by atoms with van der Waals surface area (Å²) in [6.45, 7) is 1.85. The summed E-state index contributed by atoms with van der Waals surface area (Å²) >= 11 is 0. The number of amides is 3. The standard InChI is InChI=1S/C21H25N3O3/c25-19(14-17-8-5-7-16-6-1-2-9-18(16)17)23-15-20(26)22-11-10-21(27)24-12-3-4-13-24/h1-2,5-9H,3-4,10-15H2,(H,22,26)(H,23,25). The van der Waals surface area contributed by atoms with Gasteiger partial charge in [-0.05, 0) is 29.2 Å². The molecule has 2 aromatic rings. The van der Waals surface area contributed by atoms with Crippen molar-refractivity contribution in [2.75, 3.05) is 26.2 Å². The molecule has 0 unspecified atom stereocenters. The van der Waals surface area contributed by atoms with Crippen LogP contribution in [0.5, 0.6) is 0 Å². The van der Waals surface area contributed by atoms with Crippen LogP contribution in [-0.4, -0.2) is 48.8 Å². The molecule has 6 heteroatoms. The highest BCUT2D eigenvalue weighted by molar-refractivity contribution is 5.91. The Bertz CT molecular complexity index is 823. The molecule has 6 nitrogen and oxygen atoms in total. The molecule has 2 N–H and O–H groups in total. The van der Waals surface area contributed by atoms with Crippen molar-refractivity contribution in [1.82, 2.24) is 15.5 Å². The van der Waals surface area contributed by atoms with E-state index < -0.39 is 0 Å². The molecule has 1 fully saturated rings. The number of hydrogen-bond donors (Lipinski definition) is 2. The molecule has 3 rings (SSSR count). The third-order valence-electron chi connectivity index (χ3n) is 4.80. The topological polar surface area (TPSA) is 78.5 Å². The molecule has 0 atom stereocenters. The first-order valence-corrected chi connectivity index (χ1v) is 9.41. The summed E-state index contributed by atoms with van der Waals surface area (Å²) in [5.41, 5.74) is 0.933. The minimum atomic E-state index is -0.282. The number of hydrogen-bond acceptors (Lipinski definition) is 3. The largest absolute Gasteiger partial charge is 0.354 e. The molecule has 3 amide bonds. The van der Waals surface area contributed by atoms with Crippen LogP contribution in [0.1, 0.15) is 24.8 Å². The fourth-order valence-electron chi connectivity index (χ4n) is 3.36. The van der Waals surface area contributed by atoms with Gasteiger partial charge in [0.1, 0.15) is 0 Å². The van der Waals surface area contributed by atoms with E-state index in [1.807, 2.05) is 47.4 Å². The van der Waals surface area contributed by atoms with Crippen LogP contribution in [0.25, 0.3) is 10.8 Å². The van der Waals surface area contributed by atoms with E-state index >= 15 is 0 Å². The lowest BCUT2D eigenvalue weighted by atomic mass is 10.0. The van der Waals surface area contributed by atoms with Crippen molar-refractivity contribution >= 4 is 28.5 Å². The average molecular weight is 367 g/mol. The lowest BCUT2D eigenvalue weighted by molar-refractivity contribution is -0.130. The number of carbonyl (C=O) groups is 3. The Morgan fingerprint density at radius 1 is 0.889 bits per heavy atom. The van der Waals surface area contributed by atoms with Gasteiger partial charge < -0.3 is 15.5 Å². The van der Waals surface area contributed by atoms with Crippen LogP contribution in [0.4, 0.5) is 0 Å². The SMILES string of the molecule is O=C(CNC(=O)Cc1cccc2ccccc12)NCCC(=O)N1CCCC1. The van der Waals surface area contributed by atoms with Crippen molar-refractivity contribution in [3.8, 4) is 0 Å². The highest BCUT2D eigenvalue weighted by atomic mass is 16.2. The zero-order valence-electron chi connectivity index (χ0n) is 15.4. The Hall–Kier alpha value is -2.89. The third kappa shape index (κ3) is 5.29. The summed E-state index contributed by atoms with van der Waals surface area (Å²) in [7, 11) is 0. The molecular weight excluding hydrogens is 342 g/mol. The smallest absolute Gasteiger partial charge is 0.239 e. The second-order valence-electron chi connectivity index (χ2n) is 6.78. The summed E-state index contributed by atoms with van der Waals surface area (Å²) in [5, 5.41) is 7.46. The number of benzene rings is 2. The van der Waals surface area contributed by atoms with Gasteiger partial charge in [0.2, 0.25) is 17.7 Å². The minimum absolute atomic E-state index is 0.0767. The van der Waals surface area contributed by atoms with Gasteiger partial charge in [0.05, 0.1) is 13.0 Å². The maximum absolute atomic E-state index is 12.2. The summed E-state index contributed by atoms with van der Waals surface area (Å²) in [4.78, 5) is 37.8. The van der Waals surface area contributed by atoms with Gasteiger partial charge >= 0.3 is 0 Å². The van der Waals surface area contributed by atoms with Gasteiger partial charge in [0.15, 0.2) is 0 Å². The maximum atomic E-state index is 12.2. The summed E-state index contributed by atoms with van der Waals surface area (Å²) < 4.78 is 0. The van der Waals surface area contributed by atoms with Gasteiger partial charge in [0, 0.05) is 26.1 Å². The van der Waals surface area contributed by atoms with E-state index in [4.69, 9.17) is 0 Å². The number of nitrogens with zero attached hydrogens (tertiary/aromatic N) is 1. The van der Waals surface area contributed by atoms with Gasteiger partial charge in [-0.15, -0.1) is 0 Å². The quantitative estimate of drug-likeness (QED) is 0.781. The Morgan fingerprint density at radius 3 is 2.44 bits per heavy atom. The number of fused-ring (bicyclic) bond motifs is 1. The van der Waals surface area contributed by atoms with Gasteiger partial charge in [0.25, 0.3) is 0 Å². The molecule has 0 aromatic heterocycles. The van der Waals surface area contributed by atoms with Gasteiger partial charge in [-0.2, -0.15) is 0 Å². The molecule has 0 aliphatic carbocycles. The first kappa shape index (κ1) is 18.9. The van der Waals surface area contributed by atoms with E-state index in [1.165, 1.54) is 0 Å². The van der Waals surface area contributed by atoms with Crippen LogP contribution < -0.4 is 10.6 Å². The summed E-state index contributed by atoms with van der Waals surface area (Å²) in [5.74, 6) is -0.405. The molecule has 27 heavy (non-hydrogen) atoms. The Kier molecular flexibility index (Phi) is 6.41. The summed E-state index contributed by atoms with van der Waals surface area (Å²) in [6, 6.07) is 13.8. The molecule has 0 spiro atoms. The van der Waals surface area contributed by atoms with E-state index in [0.717, 1.165) is 42.3 Å². The van der Waals surface area contributed by atoms with Crippen LogP contribution in [0.3, 0.4) is 0 Å². The lowest BCUT2D eigenvalue weighted by Crippen LogP contribution is -2.39. The highest BCUT2D eigenvalue weighted by Crippen LogP contribution is 2.18. The number of rotatable bonds is 7. The molecule has 0 bridgehead atoms. The Labute approximate surface area is 158 Å². The molecule has 1 aliphatic rings. The first-order chi connectivity index (χ1) is 13.1. The normalized spacial score (nSPS) is 13.6. The fourth-order valence-corrected chi connectivity index (χ4v) is 3.36. The molecule has 0 radical (unpaired) electrons. The molecule has 0 saturated carbocycles. The second kappa shape index (κ2) is 9.16. The van der Waals surface area contributed by atoms with Gasteiger partial charge in [-0.25, -0.2) is 0 Å². The third-order valence-corrected chi connectivity index (χ3v) is 4.80. The first-order valence-electron chi connectivity index (χ1n) is 9.41. The van der Waals surface area contributed by atoms with Crippen LogP contribution in [0.2, 0.25) is 0 Å². The van der Waals surface area contributed by atoms with Crippen molar-refractivity contribution in [3.05, 3.63) is 48.0 Å². The van der Waals surface area contributed by atoms with Crippen molar-refractivity contribution < 1.29 is 14.4 Å². The number of nitrogens with one attached hydrogen (secondary N) is 2. The average Bonchev–Trinajstić information content (AvgIpc) is 3.21. The molecule has 1 saturated heterocycles. The molecule has 142 valence electrons. The predicted octanol–water partition coefficient (Wildman–Crippen LogP) is 1.63. The summed E-state index contributed by atoms with van der Waals surface area (Å²) in [6.07, 6.45) is 2.64. The van der Waals surface area contributed by atoms with Gasteiger partial charge in [-0.3, -0.25) is 14.4 Å². The van der Waals surface area contributed by atoms with Crippen LogP contribution in [-0.2, 0) is 20.8 Å². The van der Waals surface area contributed by atoms with E-state index in [1.54, 1.807) is 0 Å². The highest BCUT2D eigenvalue weighted by Gasteiger charge is 2.17. The minimum Gasteiger partial charge on any atom is -0.354 e. The predicted molar refractivity (Wildman–Crippen MR) is 104 cm³/mol. The number of likely N-dealkylation sites (tertiary alicyclic amines) is 1. The van der Waals surface area contributed by atoms with Crippen LogP contribution in [0, 0.1) is 0 Å². The van der Waals surface area contributed by atoms with Crippen LogP contribution in [0.15, 0.2) is 42.5 Å². The molecular formula is C21H25N3O3. The second-order valence-corrected chi connectivity index (χ2v) is 6.78. The molecule has 1 aliphatic heterocycles. The molecule has 1 heterocycles. The van der Waals surface area contributed by atoms with Crippen molar-refractivity contribution in [3.63, 3.8) is 0 Å². The Balaban J connectivity index is 1.39. The van der Waals surface area contributed by atoms with E-state index in [2.05, 4.69) is 10.6 Å². The van der Waals surface area contributed by atoms with Crippen molar-refractivity contribution in [1.29, 1.82) is 0 Å². The number of carbonyl (C=O) groups excluding carboxylic acids is 3. The Morgan fingerprint density at radius 2 is 1.63 bits per heavy atom. The fraction of sp³-hybridized carbons (Fsp3) is 0.381. The monoisotopic (exact) mass is 367 g/mol. The zero-order chi connectivity index (χ0) is 19.1. The van der Waals surface area contributed by atoms with Crippen molar-refractivity contribution in [2.24, 2.45) is 0 Å². The van der Waals surface area contributed by atoms with Crippen LogP contribution >= 0.6 is 0 Å². The zero-order valence-corrected chi connectivity index (χ0v) is 15.4. The van der Waals surface area contributed by atoms with E-state index in [-0.39, 0.29) is 30.7 Å². The molecule has 2 aromatic carbocycles. The van der Waals surface area contributed by atoms with Gasteiger partial charge in [-0.1, -0.05) is 42.5 Å². The van der Waals surface area contributed by atoms with Crippen molar-refractivity contribution in [2.45, 2.75) is 25.7 Å². The van der Waals surface area contributed by atoms with E-state index in [0.29, 0.717) is 13.0 Å².